The highest BCUT2D eigenvalue weighted by Crippen LogP contribution is 2.31. The van der Waals surface area contributed by atoms with Crippen molar-refractivity contribution in [3.63, 3.8) is 0 Å². The largest absolute Gasteiger partial charge is 0.458 e. The first-order valence-corrected chi connectivity index (χ1v) is 9.52. The molecule has 0 aliphatic heterocycles. The lowest BCUT2D eigenvalue weighted by Crippen LogP contribution is -2.38. The van der Waals surface area contributed by atoms with Gasteiger partial charge in [-0.1, -0.05) is 72.8 Å². The third-order valence-electron chi connectivity index (χ3n) is 5.02. The minimum Gasteiger partial charge on any atom is -0.458 e. The summed E-state index contributed by atoms with van der Waals surface area (Å²) in [6.45, 7) is 1.72. The van der Waals surface area contributed by atoms with Crippen molar-refractivity contribution < 1.29 is 19.1 Å². The molecule has 0 saturated carbocycles. The molecule has 3 aromatic carbocycles. The predicted octanol–water partition coefficient (Wildman–Crippen LogP) is 4.08. The average Bonchev–Trinajstić information content (AvgIpc) is 2.77. The molecule has 1 N–H and O–H groups in total. The van der Waals surface area contributed by atoms with Gasteiger partial charge in [0.15, 0.2) is 0 Å². The van der Waals surface area contributed by atoms with Crippen molar-refractivity contribution in [1.82, 2.24) is 0 Å². The second-order valence-electron chi connectivity index (χ2n) is 7.11. The SMILES string of the molecule is Cc1ccc2c(COC(=O)C(O)(c3ccccc3)c3ccccc3)cc(=O)oc2c1. The van der Waals surface area contributed by atoms with Crippen LogP contribution in [-0.2, 0) is 21.7 Å². The maximum Gasteiger partial charge on any atom is 0.348 e. The zero-order valence-corrected chi connectivity index (χ0v) is 16.4. The van der Waals surface area contributed by atoms with Gasteiger partial charge >= 0.3 is 11.6 Å². The van der Waals surface area contributed by atoms with Gasteiger partial charge in [-0.3, -0.25) is 0 Å². The number of rotatable bonds is 5. The molecule has 0 radical (unpaired) electrons. The van der Waals surface area contributed by atoms with Crippen LogP contribution < -0.4 is 5.63 Å². The van der Waals surface area contributed by atoms with Crippen LogP contribution in [0.15, 0.2) is 94.1 Å². The predicted molar refractivity (Wildman–Crippen MR) is 113 cm³/mol. The molecule has 0 bridgehead atoms. The molecule has 0 spiro atoms. The van der Waals surface area contributed by atoms with Gasteiger partial charge in [-0.05, 0) is 29.7 Å². The fourth-order valence-corrected chi connectivity index (χ4v) is 3.47. The highest BCUT2D eigenvalue weighted by molar-refractivity contribution is 5.86. The summed E-state index contributed by atoms with van der Waals surface area (Å²) in [5.74, 6) is -0.826. The molecule has 5 nitrogen and oxygen atoms in total. The van der Waals surface area contributed by atoms with Crippen LogP contribution in [0.2, 0.25) is 0 Å². The second-order valence-corrected chi connectivity index (χ2v) is 7.11. The Bertz CT molecular complexity index is 1200. The van der Waals surface area contributed by atoms with Gasteiger partial charge in [-0.15, -0.1) is 0 Å². The first-order valence-electron chi connectivity index (χ1n) is 9.52. The lowest BCUT2D eigenvalue weighted by molar-refractivity contribution is -0.163. The normalized spacial score (nSPS) is 11.4. The summed E-state index contributed by atoms with van der Waals surface area (Å²) >= 11 is 0. The number of ether oxygens (including phenoxy) is 1. The first kappa shape index (κ1) is 19.6. The van der Waals surface area contributed by atoms with Gasteiger partial charge in [0.25, 0.3) is 0 Å². The Morgan fingerprint density at radius 1 is 0.933 bits per heavy atom. The fraction of sp³-hybridized carbons (Fsp3) is 0.120. The minimum absolute atomic E-state index is 0.175. The molecule has 0 aliphatic rings. The Morgan fingerprint density at radius 3 is 2.13 bits per heavy atom. The summed E-state index contributed by atoms with van der Waals surface area (Å²) in [5.41, 5.74) is 0.174. The highest BCUT2D eigenvalue weighted by atomic mass is 16.5. The maximum atomic E-state index is 13.1. The molecule has 1 heterocycles. The molecule has 150 valence electrons. The van der Waals surface area contributed by atoms with Gasteiger partial charge in [0.1, 0.15) is 12.2 Å². The Balaban J connectivity index is 1.70. The van der Waals surface area contributed by atoms with Gasteiger partial charge in [0, 0.05) is 17.0 Å². The summed E-state index contributed by atoms with van der Waals surface area (Å²) < 4.78 is 10.8. The second kappa shape index (κ2) is 7.97. The molecule has 4 aromatic rings. The summed E-state index contributed by atoms with van der Waals surface area (Å²) in [4.78, 5) is 25.1. The first-order chi connectivity index (χ1) is 14.5. The minimum atomic E-state index is -1.98. The lowest BCUT2D eigenvalue weighted by Gasteiger charge is -2.27. The Kier molecular flexibility index (Phi) is 5.21. The summed E-state index contributed by atoms with van der Waals surface area (Å²) in [6.07, 6.45) is 0. The average molecular weight is 400 g/mol. The Hall–Kier alpha value is -3.70. The number of aliphatic hydroxyl groups is 1. The molecule has 1 aromatic heterocycles. The van der Waals surface area contributed by atoms with Crippen molar-refractivity contribution >= 4 is 16.9 Å². The summed E-state index contributed by atoms with van der Waals surface area (Å²) in [6, 6.07) is 24.0. The van der Waals surface area contributed by atoms with Gasteiger partial charge < -0.3 is 14.3 Å². The highest BCUT2D eigenvalue weighted by Gasteiger charge is 2.41. The van der Waals surface area contributed by atoms with Crippen LogP contribution in [0.5, 0.6) is 0 Å². The molecule has 5 heteroatoms. The molecule has 0 atom stereocenters. The van der Waals surface area contributed by atoms with E-state index in [9.17, 15) is 14.7 Å². The number of hydrogen-bond donors (Lipinski definition) is 1. The van der Waals surface area contributed by atoms with Crippen LogP contribution in [0, 0.1) is 6.92 Å². The van der Waals surface area contributed by atoms with Crippen LogP contribution in [-0.4, -0.2) is 11.1 Å². The lowest BCUT2D eigenvalue weighted by atomic mass is 9.86. The van der Waals surface area contributed by atoms with E-state index < -0.39 is 17.2 Å². The van der Waals surface area contributed by atoms with Crippen LogP contribution >= 0.6 is 0 Å². The molecule has 4 rings (SSSR count). The van der Waals surface area contributed by atoms with Crippen molar-refractivity contribution in [3.8, 4) is 0 Å². The number of aryl methyl sites for hydroxylation is 1. The zero-order chi connectivity index (χ0) is 21.1. The zero-order valence-electron chi connectivity index (χ0n) is 16.4. The van der Waals surface area contributed by atoms with Crippen LogP contribution in [0.1, 0.15) is 22.3 Å². The number of hydrogen-bond acceptors (Lipinski definition) is 5. The number of esters is 1. The van der Waals surface area contributed by atoms with Gasteiger partial charge in [-0.2, -0.15) is 0 Å². The molecule has 0 saturated heterocycles. The Morgan fingerprint density at radius 2 is 1.53 bits per heavy atom. The molecular weight excluding hydrogens is 380 g/mol. The third kappa shape index (κ3) is 3.63. The van der Waals surface area contributed by atoms with Crippen molar-refractivity contribution in [3.05, 3.63) is 118 Å². The molecule has 0 unspecified atom stereocenters. The van der Waals surface area contributed by atoms with Crippen LogP contribution in [0.4, 0.5) is 0 Å². The van der Waals surface area contributed by atoms with E-state index in [1.807, 2.05) is 19.1 Å². The number of fused-ring (bicyclic) bond motifs is 1. The monoisotopic (exact) mass is 400 g/mol. The van der Waals surface area contributed by atoms with E-state index in [1.165, 1.54) is 6.07 Å². The summed E-state index contributed by atoms with van der Waals surface area (Å²) in [7, 11) is 0. The van der Waals surface area contributed by atoms with E-state index >= 15 is 0 Å². The smallest absolute Gasteiger partial charge is 0.348 e. The topological polar surface area (TPSA) is 76.7 Å². The summed E-state index contributed by atoms with van der Waals surface area (Å²) in [5, 5.41) is 12.1. The van der Waals surface area contributed by atoms with Crippen molar-refractivity contribution in [1.29, 1.82) is 0 Å². The molecule has 30 heavy (non-hydrogen) atoms. The van der Waals surface area contributed by atoms with Crippen LogP contribution in [0.25, 0.3) is 11.0 Å². The van der Waals surface area contributed by atoms with Gasteiger partial charge in [0.2, 0.25) is 5.60 Å². The van der Waals surface area contributed by atoms with Gasteiger partial charge in [0.05, 0.1) is 0 Å². The third-order valence-corrected chi connectivity index (χ3v) is 5.02. The van der Waals surface area contributed by atoms with Crippen molar-refractivity contribution in [2.24, 2.45) is 0 Å². The number of carbonyl (C=O) groups is 1. The fourth-order valence-electron chi connectivity index (χ4n) is 3.47. The number of benzene rings is 3. The molecule has 0 fully saturated rings. The Labute approximate surface area is 173 Å². The van der Waals surface area contributed by atoms with E-state index in [0.29, 0.717) is 27.7 Å². The van der Waals surface area contributed by atoms with E-state index in [0.717, 1.165) is 5.56 Å². The van der Waals surface area contributed by atoms with E-state index in [4.69, 9.17) is 9.15 Å². The van der Waals surface area contributed by atoms with E-state index in [2.05, 4.69) is 0 Å². The van der Waals surface area contributed by atoms with E-state index in [-0.39, 0.29) is 6.61 Å². The maximum absolute atomic E-state index is 13.1. The van der Waals surface area contributed by atoms with Crippen LogP contribution in [0.3, 0.4) is 0 Å². The van der Waals surface area contributed by atoms with E-state index in [1.54, 1.807) is 66.7 Å². The quantitative estimate of drug-likeness (QED) is 0.403. The molecule has 0 amide bonds. The van der Waals surface area contributed by atoms with Gasteiger partial charge in [-0.25, -0.2) is 9.59 Å². The standard InChI is InChI=1S/C25H20O5/c1-17-12-13-21-18(15-23(26)30-22(21)14-17)16-29-24(27)25(28,19-8-4-2-5-9-19)20-10-6-3-7-11-20/h2-15,28H,16H2,1H3. The number of carbonyl (C=O) groups excluding carboxylic acids is 1. The van der Waals surface area contributed by atoms with Crippen molar-refractivity contribution in [2.75, 3.05) is 0 Å². The molecule has 0 aliphatic carbocycles. The van der Waals surface area contributed by atoms with Crippen molar-refractivity contribution in [2.45, 2.75) is 19.1 Å². The molecular formula is C25H20O5.